The van der Waals surface area contributed by atoms with Crippen LogP contribution in [0.15, 0.2) is 36.5 Å². The highest BCUT2D eigenvalue weighted by Gasteiger charge is 2.19. The van der Waals surface area contributed by atoms with E-state index in [1.54, 1.807) is 0 Å². The molecule has 0 saturated carbocycles. The molecule has 0 bridgehead atoms. The van der Waals surface area contributed by atoms with Gasteiger partial charge in [-0.1, -0.05) is 231 Å². The van der Waals surface area contributed by atoms with Crippen LogP contribution in [0.2, 0.25) is 0 Å². The topological polar surface area (TPSA) is 78.9 Å². The third-order valence-corrected chi connectivity index (χ3v) is 12.8. The second-order valence-corrected chi connectivity index (χ2v) is 19.5. The van der Waals surface area contributed by atoms with Crippen molar-refractivity contribution in [3.05, 3.63) is 36.5 Å². The van der Waals surface area contributed by atoms with Gasteiger partial charge in [0.05, 0.1) is 0 Å². The Kier molecular flexibility index (Phi) is 53.2. The molecular formula is C60H110O6. The van der Waals surface area contributed by atoms with E-state index >= 15 is 0 Å². The van der Waals surface area contributed by atoms with Gasteiger partial charge in [0.15, 0.2) is 6.10 Å². The van der Waals surface area contributed by atoms with E-state index in [1.165, 1.54) is 199 Å². The predicted octanol–water partition coefficient (Wildman–Crippen LogP) is 19.3. The molecule has 0 aliphatic heterocycles. The number of ether oxygens (including phenoxy) is 3. The van der Waals surface area contributed by atoms with E-state index in [0.717, 1.165) is 70.6 Å². The van der Waals surface area contributed by atoms with E-state index in [-0.39, 0.29) is 31.1 Å². The summed E-state index contributed by atoms with van der Waals surface area (Å²) in [6.07, 6.45) is 65.6. The lowest BCUT2D eigenvalue weighted by molar-refractivity contribution is -0.167. The predicted molar refractivity (Wildman–Crippen MR) is 284 cm³/mol. The Morgan fingerprint density at radius 1 is 0.288 bits per heavy atom. The van der Waals surface area contributed by atoms with Gasteiger partial charge in [-0.15, -0.1) is 0 Å². The number of rotatable bonds is 53. The number of allylic oxidation sites excluding steroid dienone is 6. The first-order valence-corrected chi connectivity index (χ1v) is 29.0. The van der Waals surface area contributed by atoms with Crippen LogP contribution in [0.5, 0.6) is 0 Å². The van der Waals surface area contributed by atoms with Gasteiger partial charge < -0.3 is 14.2 Å². The van der Waals surface area contributed by atoms with Crippen LogP contribution in [0.3, 0.4) is 0 Å². The summed E-state index contributed by atoms with van der Waals surface area (Å²) in [4.78, 5) is 38.1. The Morgan fingerprint density at radius 3 is 0.758 bits per heavy atom. The van der Waals surface area contributed by atoms with Gasteiger partial charge in [-0.2, -0.15) is 0 Å². The van der Waals surface area contributed by atoms with E-state index in [2.05, 4.69) is 57.2 Å². The molecule has 0 aliphatic carbocycles. The number of hydrogen-bond acceptors (Lipinski definition) is 6. The van der Waals surface area contributed by atoms with Gasteiger partial charge in [-0.25, -0.2) is 0 Å². The minimum atomic E-state index is -0.780. The molecule has 0 amide bonds. The Hall–Kier alpha value is -2.37. The minimum Gasteiger partial charge on any atom is -0.462 e. The maximum atomic E-state index is 12.8. The summed E-state index contributed by atoms with van der Waals surface area (Å²) in [5.74, 6) is -0.884. The molecule has 6 nitrogen and oxygen atoms in total. The van der Waals surface area contributed by atoms with Gasteiger partial charge in [0.1, 0.15) is 13.2 Å². The first-order chi connectivity index (χ1) is 32.5. The van der Waals surface area contributed by atoms with E-state index in [4.69, 9.17) is 14.2 Å². The van der Waals surface area contributed by atoms with Crippen LogP contribution in [0.1, 0.15) is 310 Å². The quantitative estimate of drug-likeness (QED) is 0.0262. The molecule has 0 fully saturated rings. The van der Waals surface area contributed by atoms with Gasteiger partial charge in [-0.3, -0.25) is 14.4 Å². The van der Waals surface area contributed by atoms with Crippen molar-refractivity contribution in [1.29, 1.82) is 0 Å². The Labute approximate surface area is 410 Å². The van der Waals surface area contributed by atoms with Crippen LogP contribution in [-0.4, -0.2) is 37.2 Å². The van der Waals surface area contributed by atoms with E-state index in [9.17, 15) is 14.4 Å². The molecule has 0 N–H and O–H groups in total. The molecule has 6 heteroatoms. The van der Waals surface area contributed by atoms with Gasteiger partial charge in [0.2, 0.25) is 0 Å². The van der Waals surface area contributed by atoms with Gasteiger partial charge in [-0.05, 0) is 96.3 Å². The number of carbonyl (C=O) groups is 3. The maximum absolute atomic E-state index is 12.8. The molecule has 0 aromatic carbocycles. The Balaban J connectivity index is 4.37. The summed E-state index contributed by atoms with van der Waals surface area (Å²) < 4.78 is 16.9. The van der Waals surface area contributed by atoms with Crippen molar-refractivity contribution < 1.29 is 28.6 Å². The fourth-order valence-electron chi connectivity index (χ4n) is 8.43. The molecule has 0 spiro atoms. The Morgan fingerprint density at radius 2 is 0.500 bits per heavy atom. The minimum absolute atomic E-state index is 0.0782. The normalized spacial score (nSPS) is 12.2. The summed E-state index contributed by atoms with van der Waals surface area (Å²) >= 11 is 0. The fraction of sp³-hybridized carbons (Fsp3) is 0.850. The maximum Gasteiger partial charge on any atom is 0.306 e. The third-order valence-electron chi connectivity index (χ3n) is 12.8. The molecule has 0 heterocycles. The molecule has 0 rings (SSSR count). The van der Waals surface area contributed by atoms with Crippen molar-refractivity contribution in [2.75, 3.05) is 13.2 Å². The molecule has 1 atom stereocenters. The van der Waals surface area contributed by atoms with Crippen LogP contribution in [-0.2, 0) is 28.6 Å². The molecular weight excluding hydrogens is 817 g/mol. The van der Waals surface area contributed by atoms with Crippen molar-refractivity contribution in [3.8, 4) is 0 Å². The molecule has 0 saturated heterocycles. The number of esters is 3. The van der Waals surface area contributed by atoms with Crippen LogP contribution < -0.4 is 0 Å². The van der Waals surface area contributed by atoms with Gasteiger partial charge in [0.25, 0.3) is 0 Å². The summed E-state index contributed by atoms with van der Waals surface area (Å²) in [5.41, 5.74) is 0. The van der Waals surface area contributed by atoms with Crippen molar-refractivity contribution in [1.82, 2.24) is 0 Å². The van der Waals surface area contributed by atoms with E-state index in [1.807, 2.05) is 0 Å². The first-order valence-electron chi connectivity index (χ1n) is 29.0. The summed E-state index contributed by atoms with van der Waals surface area (Å²) in [6, 6.07) is 0. The summed E-state index contributed by atoms with van der Waals surface area (Å²) in [6.45, 7) is 6.64. The van der Waals surface area contributed by atoms with Crippen molar-refractivity contribution in [3.63, 3.8) is 0 Å². The second kappa shape index (κ2) is 55.2. The molecule has 1 unspecified atom stereocenters. The number of unbranched alkanes of at least 4 members (excludes halogenated alkanes) is 36. The summed E-state index contributed by atoms with van der Waals surface area (Å²) in [7, 11) is 0. The molecule has 66 heavy (non-hydrogen) atoms. The van der Waals surface area contributed by atoms with Crippen molar-refractivity contribution >= 4 is 17.9 Å². The lowest BCUT2D eigenvalue weighted by atomic mass is 10.1. The Bertz CT molecular complexity index is 1110. The van der Waals surface area contributed by atoms with E-state index in [0.29, 0.717) is 19.3 Å². The van der Waals surface area contributed by atoms with E-state index < -0.39 is 6.10 Å². The highest BCUT2D eigenvalue weighted by atomic mass is 16.6. The van der Waals surface area contributed by atoms with Crippen molar-refractivity contribution in [2.45, 2.75) is 316 Å². The molecule has 0 aromatic rings. The second-order valence-electron chi connectivity index (χ2n) is 19.5. The number of hydrogen-bond donors (Lipinski definition) is 0. The smallest absolute Gasteiger partial charge is 0.306 e. The highest BCUT2D eigenvalue weighted by Crippen LogP contribution is 2.15. The zero-order valence-electron chi connectivity index (χ0n) is 44.2. The standard InChI is InChI=1S/C60H110O6/c1-4-7-10-13-16-19-22-25-28-29-30-33-35-38-41-44-47-50-53-59(62)65-56-57(66-60(63)54-51-48-45-42-39-36-32-27-24-21-18-15-12-9-6-3)55-64-58(61)52-49-46-43-40-37-34-31-26-23-20-17-14-11-8-5-2/h26-29,31-32,57H,4-25,30,33-56H2,1-3H3/b29-28-,31-26-,32-27-. The van der Waals surface area contributed by atoms with Crippen LogP contribution in [0.25, 0.3) is 0 Å². The third kappa shape index (κ3) is 52.6. The number of carbonyl (C=O) groups excluding carboxylic acids is 3. The summed E-state index contributed by atoms with van der Waals surface area (Å²) in [5, 5.41) is 0. The monoisotopic (exact) mass is 927 g/mol. The molecule has 0 aromatic heterocycles. The average molecular weight is 928 g/mol. The van der Waals surface area contributed by atoms with Crippen LogP contribution in [0.4, 0.5) is 0 Å². The lowest BCUT2D eigenvalue weighted by Crippen LogP contribution is -2.30. The lowest BCUT2D eigenvalue weighted by Gasteiger charge is -2.18. The van der Waals surface area contributed by atoms with Gasteiger partial charge in [0, 0.05) is 19.3 Å². The zero-order valence-corrected chi connectivity index (χ0v) is 44.2. The molecule has 386 valence electrons. The largest absolute Gasteiger partial charge is 0.462 e. The fourth-order valence-corrected chi connectivity index (χ4v) is 8.43. The highest BCUT2D eigenvalue weighted by molar-refractivity contribution is 5.71. The zero-order chi connectivity index (χ0) is 47.9. The first kappa shape index (κ1) is 63.6. The van der Waals surface area contributed by atoms with Crippen LogP contribution in [0, 0.1) is 0 Å². The van der Waals surface area contributed by atoms with Crippen molar-refractivity contribution in [2.24, 2.45) is 0 Å². The van der Waals surface area contributed by atoms with Gasteiger partial charge >= 0.3 is 17.9 Å². The molecule has 0 radical (unpaired) electrons. The van der Waals surface area contributed by atoms with Crippen LogP contribution >= 0.6 is 0 Å². The SMILES string of the molecule is CCCCCCCC/C=C\CCCCCCCC(=O)OCC(COC(=O)CCCCCCCCC/C=C\CCCCCCCCC)OC(=O)CCCCCCC/C=C\CCCCCCCC. The molecule has 0 aliphatic rings. The average Bonchev–Trinajstić information content (AvgIpc) is 3.31.